The van der Waals surface area contributed by atoms with E-state index in [4.69, 9.17) is 11.6 Å². The monoisotopic (exact) mass is 356 g/mol. The molecule has 0 bridgehead atoms. The molecule has 1 atom stereocenters. The van der Waals surface area contributed by atoms with Crippen LogP contribution in [0.4, 0.5) is 4.39 Å². The van der Waals surface area contributed by atoms with Crippen LogP contribution in [0.3, 0.4) is 0 Å². The van der Waals surface area contributed by atoms with Gasteiger partial charge in [0.2, 0.25) is 5.91 Å². The molecule has 0 N–H and O–H groups in total. The van der Waals surface area contributed by atoms with Crippen molar-refractivity contribution in [2.45, 2.75) is 25.3 Å². The van der Waals surface area contributed by atoms with Crippen LogP contribution in [0.2, 0.25) is 5.02 Å². The van der Waals surface area contributed by atoms with Crippen molar-refractivity contribution in [1.29, 1.82) is 0 Å². The van der Waals surface area contributed by atoms with Gasteiger partial charge in [-0.2, -0.15) is 11.8 Å². The third-order valence-electron chi connectivity index (χ3n) is 4.65. The third kappa shape index (κ3) is 4.20. The van der Waals surface area contributed by atoms with E-state index < -0.39 is 0 Å². The molecule has 2 heterocycles. The van der Waals surface area contributed by atoms with Gasteiger partial charge in [-0.3, -0.25) is 9.69 Å². The number of likely N-dealkylation sites (tertiary alicyclic amines) is 1. The van der Waals surface area contributed by atoms with Crippen molar-refractivity contribution in [3.8, 4) is 0 Å². The summed E-state index contributed by atoms with van der Waals surface area (Å²) in [5, 5.41) is 0.472. The summed E-state index contributed by atoms with van der Waals surface area (Å²) in [5.41, 5.74) is 0.945. The zero-order valence-corrected chi connectivity index (χ0v) is 14.7. The molecule has 23 heavy (non-hydrogen) atoms. The number of halogens is 2. The van der Waals surface area contributed by atoms with Crippen LogP contribution in [0.5, 0.6) is 0 Å². The first-order chi connectivity index (χ1) is 11.1. The van der Waals surface area contributed by atoms with Gasteiger partial charge < -0.3 is 4.90 Å². The Morgan fingerprint density at radius 1 is 1.30 bits per heavy atom. The number of nitrogens with zero attached hydrogens (tertiary/aromatic N) is 2. The maximum absolute atomic E-state index is 13.1. The summed E-state index contributed by atoms with van der Waals surface area (Å²) >= 11 is 8.02. The highest BCUT2D eigenvalue weighted by molar-refractivity contribution is 7.99. The fourth-order valence-electron chi connectivity index (χ4n) is 3.36. The lowest BCUT2D eigenvalue weighted by Gasteiger charge is -2.32. The normalized spacial score (nSPS) is 22.5. The Bertz CT molecular complexity index is 566. The molecule has 2 aliphatic rings. The highest BCUT2D eigenvalue weighted by atomic mass is 35.5. The van der Waals surface area contributed by atoms with Crippen molar-refractivity contribution in [3.63, 3.8) is 0 Å². The second-order valence-electron chi connectivity index (χ2n) is 6.12. The van der Waals surface area contributed by atoms with Gasteiger partial charge in [0.05, 0.1) is 6.04 Å². The molecule has 1 aromatic rings. The van der Waals surface area contributed by atoms with Crippen molar-refractivity contribution in [2.24, 2.45) is 0 Å². The molecule has 0 aromatic heterocycles. The molecule has 1 aromatic carbocycles. The second kappa shape index (κ2) is 7.86. The predicted octanol–water partition coefficient (Wildman–Crippen LogP) is 3.06. The molecule has 1 amide bonds. The number of benzene rings is 1. The lowest BCUT2D eigenvalue weighted by molar-refractivity contribution is -0.135. The van der Waals surface area contributed by atoms with E-state index in [0.29, 0.717) is 5.02 Å². The van der Waals surface area contributed by atoms with E-state index in [1.807, 2.05) is 16.7 Å². The van der Waals surface area contributed by atoms with Gasteiger partial charge in [-0.1, -0.05) is 17.7 Å². The summed E-state index contributed by atoms with van der Waals surface area (Å²) in [6.45, 7) is 3.50. The van der Waals surface area contributed by atoms with E-state index in [1.165, 1.54) is 12.1 Å². The molecule has 3 nitrogen and oxygen atoms in total. The van der Waals surface area contributed by atoms with Gasteiger partial charge in [0.1, 0.15) is 5.82 Å². The van der Waals surface area contributed by atoms with Crippen molar-refractivity contribution in [2.75, 3.05) is 37.7 Å². The molecular formula is C17H22ClFN2OS. The van der Waals surface area contributed by atoms with E-state index in [2.05, 4.69) is 4.90 Å². The molecule has 6 heteroatoms. The Morgan fingerprint density at radius 2 is 2.09 bits per heavy atom. The van der Waals surface area contributed by atoms with Crippen LogP contribution in [-0.4, -0.2) is 59.4 Å². The van der Waals surface area contributed by atoms with Crippen LogP contribution >= 0.6 is 23.4 Å². The summed E-state index contributed by atoms with van der Waals surface area (Å²) in [4.78, 5) is 17.0. The second-order valence-corrected chi connectivity index (χ2v) is 7.75. The molecule has 0 aliphatic carbocycles. The van der Waals surface area contributed by atoms with E-state index in [9.17, 15) is 9.18 Å². The Kier molecular flexibility index (Phi) is 5.83. The summed E-state index contributed by atoms with van der Waals surface area (Å²) < 4.78 is 13.1. The molecule has 2 saturated heterocycles. The van der Waals surface area contributed by atoms with Gasteiger partial charge in [0.25, 0.3) is 0 Å². The Morgan fingerprint density at radius 3 is 2.83 bits per heavy atom. The Balaban J connectivity index is 1.59. The lowest BCUT2D eigenvalue weighted by atomic mass is 10.1. The Hall–Kier alpha value is -0.780. The molecule has 126 valence electrons. The number of thioether (sulfide) groups is 1. The summed E-state index contributed by atoms with van der Waals surface area (Å²) in [6, 6.07) is 4.55. The molecule has 0 saturated carbocycles. The molecule has 3 rings (SSSR count). The number of rotatable bonds is 4. The molecule has 2 aliphatic heterocycles. The van der Waals surface area contributed by atoms with Gasteiger partial charge in [0.15, 0.2) is 0 Å². The molecular weight excluding hydrogens is 335 g/mol. The van der Waals surface area contributed by atoms with E-state index in [0.717, 1.165) is 62.5 Å². The van der Waals surface area contributed by atoms with Crippen molar-refractivity contribution in [3.05, 3.63) is 34.6 Å². The smallest absolute Gasteiger partial charge is 0.239 e. The number of carbonyl (C=O) groups is 1. The number of hydrogen-bond donors (Lipinski definition) is 0. The first-order valence-electron chi connectivity index (χ1n) is 8.19. The van der Waals surface area contributed by atoms with Crippen LogP contribution in [0.1, 0.15) is 18.4 Å². The summed E-state index contributed by atoms with van der Waals surface area (Å²) in [6.07, 6.45) is 2.76. The maximum atomic E-state index is 13.1. The molecule has 2 fully saturated rings. The molecule has 0 unspecified atom stereocenters. The van der Waals surface area contributed by atoms with Crippen LogP contribution in [-0.2, 0) is 11.2 Å². The van der Waals surface area contributed by atoms with E-state index in [-0.39, 0.29) is 17.8 Å². The van der Waals surface area contributed by atoms with Crippen LogP contribution in [0.25, 0.3) is 0 Å². The quantitative estimate of drug-likeness (QED) is 0.828. The van der Waals surface area contributed by atoms with Gasteiger partial charge in [-0.15, -0.1) is 0 Å². The zero-order valence-electron chi connectivity index (χ0n) is 13.1. The van der Waals surface area contributed by atoms with E-state index in [1.54, 1.807) is 6.07 Å². The van der Waals surface area contributed by atoms with E-state index >= 15 is 0 Å². The SMILES string of the molecule is O=C([C@@H]1CCCN1CCc1ccc(F)cc1Cl)N1CCSCC1. The van der Waals surface area contributed by atoms with Crippen molar-refractivity contribution >= 4 is 29.3 Å². The molecule has 0 spiro atoms. The van der Waals surface area contributed by atoms with Crippen LogP contribution in [0.15, 0.2) is 18.2 Å². The standard InChI is InChI=1S/C17H22ClFN2OS/c18-15-12-14(19)4-3-13(15)5-7-20-6-1-2-16(20)17(22)21-8-10-23-11-9-21/h3-4,12,16H,1-2,5-11H2/t16-/m0/s1. The van der Waals surface area contributed by atoms with Crippen LogP contribution < -0.4 is 0 Å². The number of carbonyl (C=O) groups excluding carboxylic acids is 1. The average molecular weight is 357 g/mol. The first kappa shape index (κ1) is 17.1. The van der Waals surface area contributed by atoms with Gasteiger partial charge in [-0.05, 0) is 43.5 Å². The fourth-order valence-corrected chi connectivity index (χ4v) is 4.52. The average Bonchev–Trinajstić information content (AvgIpc) is 3.02. The Labute approximate surface area is 146 Å². The zero-order chi connectivity index (χ0) is 16.2. The predicted molar refractivity (Wildman–Crippen MR) is 93.6 cm³/mol. The minimum absolute atomic E-state index is 0.0114. The summed E-state index contributed by atoms with van der Waals surface area (Å²) in [5.74, 6) is 2.07. The van der Waals surface area contributed by atoms with Crippen molar-refractivity contribution < 1.29 is 9.18 Å². The first-order valence-corrected chi connectivity index (χ1v) is 9.73. The number of amides is 1. The van der Waals surface area contributed by atoms with Gasteiger partial charge in [0, 0.05) is 36.2 Å². The summed E-state index contributed by atoms with van der Waals surface area (Å²) in [7, 11) is 0. The largest absolute Gasteiger partial charge is 0.340 e. The fraction of sp³-hybridized carbons (Fsp3) is 0.588. The third-order valence-corrected chi connectivity index (χ3v) is 5.95. The van der Waals surface area contributed by atoms with Crippen LogP contribution in [0, 0.1) is 5.82 Å². The number of hydrogen-bond acceptors (Lipinski definition) is 3. The minimum Gasteiger partial charge on any atom is -0.340 e. The van der Waals surface area contributed by atoms with Crippen molar-refractivity contribution in [1.82, 2.24) is 9.80 Å². The van der Waals surface area contributed by atoms with Gasteiger partial charge >= 0.3 is 0 Å². The highest BCUT2D eigenvalue weighted by Gasteiger charge is 2.33. The lowest BCUT2D eigenvalue weighted by Crippen LogP contribution is -2.48. The van der Waals surface area contributed by atoms with Gasteiger partial charge in [-0.25, -0.2) is 4.39 Å². The highest BCUT2D eigenvalue weighted by Crippen LogP contribution is 2.23. The topological polar surface area (TPSA) is 23.6 Å². The maximum Gasteiger partial charge on any atom is 0.239 e. The minimum atomic E-state index is -0.309. The molecule has 0 radical (unpaired) electrons.